The molecule has 0 spiro atoms. The van der Waals surface area contributed by atoms with Gasteiger partial charge < -0.3 is 4.74 Å². The Hall–Kier alpha value is -2.94. The quantitative estimate of drug-likeness (QED) is 0.548. The molecule has 0 atom stereocenters. The summed E-state index contributed by atoms with van der Waals surface area (Å²) < 4.78 is 5.13. The minimum atomic E-state index is 0.0905. The highest BCUT2D eigenvalue weighted by molar-refractivity contribution is 5.98. The summed E-state index contributed by atoms with van der Waals surface area (Å²) in [6, 6.07) is 15.4. The molecule has 3 aromatic rings. The Kier molecular flexibility index (Phi) is 6.51. The van der Waals surface area contributed by atoms with Crippen molar-refractivity contribution in [2.24, 2.45) is 0 Å². The fourth-order valence-electron chi connectivity index (χ4n) is 2.81. The number of benzene rings is 3. The van der Waals surface area contributed by atoms with E-state index in [2.05, 4.69) is 6.92 Å². The average molecular weight is 362 g/mol. The van der Waals surface area contributed by atoms with Gasteiger partial charge in [-0.15, -0.1) is 0 Å². The molecule has 0 saturated carbocycles. The van der Waals surface area contributed by atoms with Crippen molar-refractivity contribution in [2.75, 3.05) is 7.11 Å². The lowest BCUT2D eigenvalue weighted by Crippen LogP contribution is -1.96. The monoisotopic (exact) mass is 362 g/mol. The van der Waals surface area contributed by atoms with Gasteiger partial charge in [-0.25, -0.2) is 0 Å². The highest BCUT2D eigenvalue weighted by atomic mass is 16.5. The number of aryl methyl sites for hydroxylation is 2. The zero-order valence-corrected chi connectivity index (χ0v) is 16.8. The van der Waals surface area contributed by atoms with E-state index in [1.54, 1.807) is 21.0 Å². The third kappa shape index (κ3) is 5.04. The molecule has 0 aliphatic carbocycles. The average Bonchev–Trinajstić information content (AvgIpc) is 2.65. The van der Waals surface area contributed by atoms with Gasteiger partial charge in [-0.05, 0) is 92.4 Å². The molecule has 3 nitrogen and oxygen atoms in total. The van der Waals surface area contributed by atoms with Crippen LogP contribution < -0.4 is 4.74 Å². The van der Waals surface area contributed by atoms with Crippen LogP contribution >= 0.6 is 0 Å². The van der Waals surface area contributed by atoms with Gasteiger partial charge in [0, 0.05) is 11.1 Å². The largest absolute Gasteiger partial charge is 0.497 e. The number of Topliss-reactive ketones (excluding diaryl/α,β-unsaturated/α-hetero) is 2. The number of fused-ring (bicyclic) bond motifs is 1. The number of hydrogen-bond donors (Lipinski definition) is 0. The zero-order valence-electron chi connectivity index (χ0n) is 16.8. The number of methoxy groups -OCH3 is 1. The van der Waals surface area contributed by atoms with Crippen molar-refractivity contribution in [3.63, 3.8) is 0 Å². The van der Waals surface area contributed by atoms with Crippen molar-refractivity contribution in [1.82, 2.24) is 0 Å². The summed E-state index contributed by atoms with van der Waals surface area (Å²) >= 11 is 0. The molecule has 3 aromatic carbocycles. The summed E-state index contributed by atoms with van der Waals surface area (Å²) in [5.41, 5.74) is 5.23. The van der Waals surface area contributed by atoms with Crippen molar-refractivity contribution in [2.45, 2.75) is 34.6 Å². The second-order valence-electron chi connectivity index (χ2n) is 6.78. The number of rotatable bonds is 3. The van der Waals surface area contributed by atoms with Crippen molar-refractivity contribution in [3.05, 3.63) is 76.3 Å². The minimum Gasteiger partial charge on any atom is -0.497 e. The molecule has 0 N–H and O–H groups in total. The Morgan fingerprint density at radius 1 is 0.704 bits per heavy atom. The highest BCUT2D eigenvalue weighted by Gasteiger charge is 2.04. The van der Waals surface area contributed by atoms with Crippen LogP contribution in [0, 0.1) is 20.8 Å². The third-order valence-corrected chi connectivity index (χ3v) is 4.79. The van der Waals surface area contributed by atoms with E-state index in [4.69, 9.17) is 4.74 Å². The van der Waals surface area contributed by atoms with Crippen LogP contribution in [-0.2, 0) is 0 Å². The number of carbonyl (C=O) groups excluding carboxylic acids is 2. The number of hydrogen-bond acceptors (Lipinski definition) is 3. The van der Waals surface area contributed by atoms with Crippen molar-refractivity contribution in [3.8, 4) is 5.75 Å². The lowest BCUT2D eigenvalue weighted by Gasteiger charge is -2.06. The molecule has 0 aliphatic heterocycles. The second kappa shape index (κ2) is 8.63. The predicted octanol–water partition coefficient (Wildman–Crippen LogP) is 5.87. The van der Waals surface area contributed by atoms with E-state index in [0.29, 0.717) is 0 Å². The van der Waals surface area contributed by atoms with Gasteiger partial charge >= 0.3 is 0 Å². The van der Waals surface area contributed by atoms with Crippen LogP contribution in [0.25, 0.3) is 10.8 Å². The first-order valence-electron chi connectivity index (χ1n) is 8.90. The predicted molar refractivity (Wildman–Crippen MR) is 111 cm³/mol. The maximum absolute atomic E-state index is 11.2. The summed E-state index contributed by atoms with van der Waals surface area (Å²) in [6.45, 7) is 9.33. The van der Waals surface area contributed by atoms with Crippen LogP contribution in [0.1, 0.15) is 51.3 Å². The van der Waals surface area contributed by atoms with Crippen molar-refractivity contribution >= 4 is 22.3 Å². The summed E-state index contributed by atoms with van der Waals surface area (Å²) in [5, 5.41) is 2.14. The van der Waals surface area contributed by atoms with Gasteiger partial charge in [0.2, 0.25) is 0 Å². The van der Waals surface area contributed by atoms with Gasteiger partial charge in [-0.3, -0.25) is 9.59 Å². The molecule has 0 unspecified atom stereocenters. The Balaban J connectivity index is 0.000000199. The molecule has 0 saturated heterocycles. The Morgan fingerprint density at radius 2 is 1.22 bits per heavy atom. The van der Waals surface area contributed by atoms with E-state index in [0.717, 1.165) is 27.6 Å². The van der Waals surface area contributed by atoms with E-state index >= 15 is 0 Å². The maximum atomic E-state index is 11.2. The number of ether oxygens (including phenoxy) is 1. The molecular formula is C24H26O3. The Morgan fingerprint density at radius 3 is 1.74 bits per heavy atom. The second-order valence-corrected chi connectivity index (χ2v) is 6.78. The van der Waals surface area contributed by atoms with E-state index in [9.17, 15) is 9.59 Å². The topological polar surface area (TPSA) is 43.4 Å². The molecular weight excluding hydrogens is 336 g/mol. The van der Waals surface area contributed by atoms with Gasteiger partial charge in [-0.2, -0.15) is 0 Å². The standard InChI is InChI=1S/C13H12O2.C11H14O/c1-9(14)10-3-4-12-8-13(15-2)6-5-11(12)7-10;1-7-5-11(10(4)12)6-8(2)9(7)3/h3-8H,1-2H3;5-6H,1-4H3. The normalized spacial score (nSPS) is 10.1. The van der Waals surface area contributed by atoms with Crippen LogP contribution in [-0.4, -0.2) is 18.7 Å². The molecule has 0 radical (unpaired) electrons. The molecule has 0 aliphatic rings. The van der Waals surface area contributed by atoms with E-state index in [1.807, 2.05) is 62.4 Å². The molecule has 3 rings (SSSR count). The van der Waals surface area contributed by atoms with E-state index in [-0.39, 0.29) is 11.6 Å². The summed E-state index contributed by atoms with van der Waals surface area (Å²) in [7, 11) is 1.64. The molecule has 27 heavy (non-hydrogen) atoms. The zero-order chi connectivity index (χ0) is 20.1. The molecule has 0 aromatic heterocycles. The molecule has 3 heteroatoms. The Bertz CT molecular complexity index is 977. The van der Waals surface area contributed by atoms with Gasteiger partial charge in [0.15, 0.2) is 11.6 Å². The first-order chi connectivity index (χ1) is 12.7. The first kappa shape index (κ1) is 20.4. The van der Waals surface area contributed by atoms with Crippen LogP contribution in [0.2, 0.25) is 0 Å². The number of ketones is 2. The summed E-state index contributed by atoms with van der Waals surface area (Å²) in [6.07, 6.45) is 0. The smallest absolute Gasteiger partial charge is 0.159 e. The number of carbonyl (C=O) groups is 2. The van der Waals surface area contributed by atoms with Crippen molar-refractivity contribution < 1.29 is 14.3 Å². The van der Waals surface area contributed by atoms with Gasteiger partial charge in [-0.1, -0.05) is 18.2 Å². The molecule has 0 fully saturated rings. The SMILES string of the molecule is CC(=O)c1cc(C)c(C)c(C)c1.COc1ccc2cc(C(C)=O)ccc2c1. The fourth-order valence-corrected chi connectivity index (χ4v) is 2.81. The lowest BCUT2D eigenvalue weighted by molar-refractivity contribution is 0.100. The van der Waals surface area contributed by atoms with Crippen LogP contribution in [0.5, 0.6) is 5.75 Å². The third-order valence-electron chi connectivity index (χ3n) is 4.79. The van der Waals surface area contributed by atoms with Crippen molar-refractivity contribution in [1.29, 1.82) is 0 Å². The minimum absolute atomic E-state index is 0.0905. The Labute approximate surface area is 161 Å². The van der Waals surface area contributed by atoms with E-state index in [1.165, 1.54) is 16.7 Å². The lowest BCUT2D eigenvalue weighted by atomic mass is 9.99. The van der Waals surface area contributed by atoms with Gasteiger partial charge in [0.05, 0.1) is 7.11 Å². The van der Waals surface area contributed by atoms with Gasteiger partial charge in [0.25, 0.3) is 0 Å². The molecule has 0 bridgehead atoms. The van der Waals surface area contributed by atoms with Crippen LogP contribution in [0.4, 0.5) is 0 Å². The fraction of sp³-hybridized carbons (Fsp3) is 0.250. The molecule has 140 valence electrons. The summed E-state index contributed by atoms with van der Waals surface area (Å²) in [5.74, 6) is 1.06. The van der Waals surface area contributed by atoms with Crippen LogP contribution in [0.15, 0.2) is 48.5 Å². The highest BCUT2D eigenvalue weighted by Crippen LogP contribution is 2.22. The summed E-state index contributed by atoms with van der Waals surface area (Å²) in [4.78, 5) is 22.2. The van der Waals surface area contributed by atoms with Gasteiger partial charge in [0.1, 0.15) is 5.75 Å². The van der Waals surface area contributed by atoms with Crippen LogP contribution in [0.3, 0.4) is 0 Å². The molecule has 0 amide bonds. The van der Waals surface area contributed by atoms with E-state index < -0.39 is 0 Å². The molecule has 0 heterocycles. The maximum Gasteiger partial charge on any atom is 0.159 e. The first-order valence-corrected chi connectivity index (χ1v) is 8.90.